The molecule has 39 heavy (non-hydrogen) atoms. The van der Waals surface area contributed by atoms with Crippen LogP contribution in [-0.2, 0) is 25.5 Å². The minimum Gasteiger partial charge on any atom is -0.481 e. The number of amides is 2. The zero-order chi connectivity index (χ0) is 28.7. The summed E-state index contributed by atoms with van der Waals surface area (Å²) in [6, 6.07) is 8.99. The number of aliphatic carboxylic acids is 1. The van der Waals surface area contributed by atoms with Crippen LogP contribution in [0, 0.1) is 17.8 Å². The number of carboxylic acids is 1. The van der Waals surface area contributed by atoms with Crippen molar-refractivity contribution in [1.82, 2.24) is 15.2 Å². The smallest absolute Gasteiger partial charge is 0.306 e. The molecule has 0 radical (unpaired) electrons. The van der Waals surface area contributed by atoms with Crippen LogP contribution < -0.4 is 5.32 Å². The van der Waals surface area contributed by atoms with Gasteiger partial charge in [0.2, 0.25) is 5.91 Å². The van der Waals surface area contributed by atoms with E-state index in [4.69, 9.17) is 4.74 Å². The van der Waals surface area contributed by atoms with E-state index < -0.39 is 35.9 Å². The van der Waals surface area contributed by atoms with E-state index in [0.29, 0.717) is 17.8 Å². The van der Waals surface area contributed by atoms with Gasteiger partial charge in [-0.15, -0.1) is 11.3 Å². The fourth-order valence-corrected chi connectivity index (χ4v) is 5.54. The molecule has 0 saturated heterocycles. The summed E-state index contributed by atoms with van der Waals surface area (Å²) in [6.45, 7) is 7.00. The van der Waals surface area contributed by atoms with Gasteiger partial charge in [-0.3, -0.25) is 19.2 Å². The summed E-state index contributed by atoms with van der Waals surface area (Å²) in [4.78, 5) is 55.7. The van der Waals surface area contributed by atoms with Gasteiger partial charge in [0.15, 0.2) is 6.10 Å². The topological polar surface area (TPSA) is 126 Å². The molecule has 2 N–H and O–H groups in total. The number of nitrogens with zero attached hydrogens (tertiary/aromatic N) is 2. The maximum absolute atomic E-state index is 13.2. The molecule has 1 aliphatic carbocycles. The second-order valence-electron chi connectivity index (χ2n) is 10.8. The number of rotatable bonds is 14. The number of esters is 1. The number of thiazole rings is 1. The SMILES string of the molecule is CC(=O)O[C@H](CC(C(C)C)N(C)C(=O)C1CC1)c1nc(C(=O)N[C@@H](Cc2ccccc2)C[C@H](C)C(=O)O)cs1. The summed E-state index contributed by atoms with van der Waals surface area (Å²) in [5, 5.41) is 14.5. The van der Waals surface area contributed by atoms with Crippen molar-refractivity contribution in [2.75, 3.05) is 7.05 Å². The van der Waals surface area contributed by atoms with Crippen LogP contribution in [-0.4, -0.2) is 57.9 Å². The summed E-state index contributed by atoms with van der Waals surface area (Å²) < 4.78 is 5.63. The fourth-order valence-electron chi connectivity index (χ4n) is 4.70. The molecule has 1 unspecified atom stereocenters. The summed E-state index contributed by atoms with van der Waals surface area (Å²) in [6.07, 6.45) is 2.22. The molecule has 4 atom stereocenters. The molecule has 1 aromatic heterocycles. The lowest BCUT2D eigenvalue weighted by atomic mass is 9.96. The van der Waals surface area contributed by atoms with Crippen molar-refractivity contribution in [3.05, 3.63) is 52.0 Å². The number of carboxylic acid groups (broad SMARTS) is 1. The van der Waals surface area contributed by atoms with E-state index in [1.165, 1.54) is 18.3 Å². The Hall–Kier alpha value is -3.27. The predicted molar refractivity (Wildman–Crippen MR) is 148 cm³/mol. The van der Waals surface area contributed by atoms with E-state index in [-0.39, 0.29) is 35.9 Å². The van der Waals surface area contributed by atoms with Crippen LogP contribution in [0.4, 0.5) is 0 Å². The van der Waals surface area contributed by atoms with Crippen molar-refractivity contribution in [1.29, 1.82) is 0 Å². The second-order valence-corrected chi connectivity index (χ2v) is 11.7. The van der Waals surface area contributed by atoms with Crippen molar-refractivity contribution in [2.45, 2.75) is 78.0 Å². The number of carbonyl (C=O) groups excluding carboxylic acids is 3. The quantitative estimate of drug-likeness (QED) is 0.328. The summed E-state index contributed by atoms with van der Waals surface area (Å²) >= 11 is 1.22. The minimum atomic E-state index is -0.924. The Balaban J connectivity index is 1.76. The molecule has 0 aliphatic heterocycles. The Labute approximate surface area is 234 Å². The molecule has 0 bridgehead atoms. The van der Waals surface area contributed by atoms with Crippen LogP contribution in [0.25, 0.3) is 0 Å². The van der Waals surface area contributed by atoms with Gasteiger partial charge in [0, 0.05) is 43.8 Å². The molecule has 1 aromatic carbocycles. The fraction of sp³-hybridized carbons (Fsp3) is 0.552. The lowest BCUT2D eigenvalue weighted by Crippen LogP contribution is -2.42. The standard InChI is InChI=1S/C29H39N3O6S/c1-17(2)24(32(5)28(35)21-11-12-21)15-25(38-19(4)33)27-31-23(16-39-27)26(34)30-22(13-18(3)29(36)37)14-20-9-7-6-8-10-20/h6-10,16-18,21-22,24-25H,11-15H2,1-5H3,(H,30,34)(H,36,37)/t18-,22+,24?,25+/m0/s1. The highest BCUT2D eigenvalue weighted by Crippen LogP contribution is 2.35. The van der Waals surface area contributed by atoms with Gasteiger partial charge >= 0.3 is 11.9 Å². The molecule has 2 aromatic rings. The van der Waals surface area contributed by atoms with Crippen LogP contribution in [0.1, 0.15) is 80.5 Å². The Bertz CT molecular complexity index is 1150. The Kier molecular flexibility index (Phi) is 10.6. The Morgan fingerprint density at radius 3 is 2.36 bits per heavy atom. The lowest BCUT2D eigenvalue weighted by molar-refractivity contribution is -0.148. The normalized spacial score (nSPS) is 16.2. The molecule has 212 valence electrons. The number of aromatic nitrogens is 1. The van der Waals surface area contributed by atoms with E-state index in [1.54, 1.807) is 24.3 Å². The van der Waals surface area contributed by atoms with Crippen molar-refractivity contribution < 1.29 is 29.0 Å². The highest BCUT2D eigenvalue weighted by molar-refractivity contribution is 7.09. The number of hydrogen-bond donors (Lipinski definition) is 2. The first-order chi connectivity index (χ1) is 18.5. The van der Waals surface area contributed by atoms with Gasteiger partial charge < -0.3 is 20.1 Å². The summed E-state index contributed by atoms with van der Waals surface area (Å²) in [5.41, 5.74) is 1.16. The number of carbonyl (C=O) groups is 4. The van der Waals surface area contributed by atoms with Crippen molar-refractivity contribution in [2.24, 2.45) is 17.8 Å². The molecular weight excluding hydrogens is 518 g/mol. The average molecular weight is 558 g/mol. The molecule has 1 aliphatic rings. The molecular formula is C29H39N3O6S. The molecule has 2 amide bonds. The van der Waals surface area contributed by atoms with Gasteiger partial charge in [0.25, 0.3) is 5.91 Å². The first-order valence-corrected chi connectivity index (χ1v) is 14.3. The minimum absolute atomic E-state index is 0.0752. The molecule has 3 rings (SSSR count). The van der Waals surface area contributed by atoms with Crippen molar-refractivity contribution in [3.8, 4) is 0 Å². The first kappa shape index (κ1) is 30.3. The van der Waals surface area contributed by atoms with E-state index in [1.807, 2.05) is 44.2 Å². The zero-order valence-electron chi connectivity index (χ0n) is 23.3. The van der Waals surface area contributed by atoms with Gasteiger partial charge in [0.1, 0.15) is 10.7 Å². The van der Waals surface area contributed by atoms with Gasteiger partial charge in [-0.1, -0.05) is 51.1 Å². The maximum Gasteiger partial charge on any atom is 0.306 e. The molecule has 10 heteroatoms. The van der Waals surface area contributed by atoms with Crippen LogP contribution in [0.3, 0.4) is 0 Å². The highest BCUT2D eigenvalue weighted by Gasteiger charge is 2.37. The first-order valence-electron chi connectivity index (χ1n) is 13.4. The third-order valence-corrected chi connectivity index (χ3v) is 7.99. The molecule has 9 nitrogen and oxygen atoms in total. The maximum atomic E-state index is 13.2. The Morgan fingerprint density at radius 2 is 1.79 bits per heavy atom. The van der Waals surface area contributed by atoms with Crippen LogP contribution >= 0.6 is 11.3 Å². The van der Waals surface area contributed by atoms with Crippen molar-refractivity contribution in [3.63, 3.8) is 0 Å². The van der Waals surface area contributed by atoms with Gasteiger partial charge in [0.05, 0.1) is 5.92 Å². The van der Waals surface area contributed by atoms with Gasteiger partial charge in [-0.2, -0.15) is 0 Å². The highest BCUT2D eigenvalue weighted by atomic mass is 32.1. The van der Waals surface area contributed by atoms with Crippen LogP contribution in [0.5, 0.6) is 0 Å². The third kappa shape index (κ3) is 8.88. The van der Waals surface area contributed by atoms with E-state index in [9.17, 15) is 24.3 Å². The van der Waals surface area contributed by atoms with E-state index >= 15 is 0 Å². The summed E-state index contributed by atoms with van der Waals surface area (Å²) in [5.74, 6) is -2.15. The van der Waals surface area contributed by atoms with Gasteiger partial charge in [-0.25, -0.2) is 4.98 Å². The van der Waals surface area contributed by atoms with Crippen molar-refractivity contribution >= 4 is 35.1 Å². The monoisotopic (exact) mass is 557 g/mol. The molecule has 1 heterocycles. The van der Waals surface area contributed by atoms with Gasteiger partial charge in [-0.05, 0) is 37.2 Å². The predicted octanol–water partition coefficient (Wildman–Crippen LogP) is 4.48. The van der Waals surface area contributed by atoms with E-state index in [2.05, 4.69) is 10.3 Å². The van der Waals surface area contributed by atoms with Crippen LogP contribution in [0.2, 0.25) is 0 Å². The molecule has 1 fully saturated rings. The summed E-state index contributed by atoms with van der Waals surface area (Å²) in [7, 11) is 1.79. The third-order valence-electron chi connectivity index (χ3n) is 7.05. The number of ether oxygens (including phenoxy) is 1. The lowest BCUT2D eigenvalue weighted by Gasteiger charge is -2.33. The second kappa shape index (κ2) is 13.7. The molecule has 0 spiro atoms. The largest absolute Gasteiger partial charge is 0.481 e. The number of benzene rings is 1. The average Bonchev–Trinajstić information content (AvgIpc) is 3.61. The number of hydrogen-bond acceptors (Lipinski definition) is 7. The zero-order valence-corrected chi connectivity index (χ0v) is 24.1. The molecule has 1 saturated carbocycles. The van der Waals surface area contributed by atoms with Crippen LogP contribution in [0.15, 0.2) is 35.7 Å². The number of nitrogens with one attached hydrogen (secondary N) is 1. The Morgan fingerprint density at radius 1 is 1.13 bits per heavy atom. The van der Waals surface area contributed by atoms with E-state index in [0.717, 1.165) is 18.4 Å².